The SMILES string of the molecule is CC(C)[C@@H]1C[C@@H](Nc2cccc(CN3CCC[C@@H]3C(N)=O)c2)CS1. The van der Waals surface area contributed by atoms with Crippen LogP contribution in [0.15, 0.2) is 24.3 Å². The van der Waals surface area contributed by atoms with Crippen LogP contribution in [0.3, 0.4) is 0 Å². The van der Waals surface area contributed by atoms with Crippen LogP contribution < -0.4 is 11.1 Å². The zero-order valence-corrected chi connectivity index (χ0v) is 15.5. The Kier molecular flexibility index (Phi) is 5.72. The highest BCUT2D eigenvalue weighted by Gasteiger charge is 2.29. The fourth-order valence-electron chi connectivity index (χ4n) is 3.79. The van der Waals surface area contributed by atoms with E-state index in [0.717, 1.165) is 37.1 Å². The van der Waals surface area contributed by atoms with Gasteiger partial charge in [-0.15, -0.1) is 0 Å². The Bertz CT molecular complexity index is 577. The summed E-state index contributed by atoms with van der Waals surface area (Å²) in [7, 11) is 0. The summed E-state index contributed by atoms with van der Waals surface area (Å²) in [6.45, 7) is 6.38. The van der Waals surface area contributed by atoms with Crippen LogP contribution >= 0.6 is 11.8 Å². The molecule has 2 aliphatic rings. The van der Waals surface area contributed by atoms with Crippen LogP contribution in [0.5, 0.6) is 0 Å². The Morgan fingerprint density at radius 1 is 1.46 bits per heavy atom. The van der Waals surface area contributed by atoms with Crippen molar-refractivity contribution in [2.45, 2.75) is 57.0 Å². The molecule has 5 heteroatoms. The van der Waals surface area contributed by atoms with Crippen LogP contribution in [-0.4, -0.2) is 40.4 Å². The Labute approximate surface area is 149 Å². The van der Waals surface area contributed by atoms with Gasteiger partial charge >= 0.3 is 0 Å². The Morgan fingerprint density at radius 3 is 3.00 bits per heavy atom. The minimum absolute atomic E-state index is 0.0975. The Morgan fingerprint density at radius 2 is 2.29 bits per heavy atom. The quantitative estimate of drug-likeness (QED) is 0.830. The molecule has 1 aromatic rings. The summed E-state index contributed by atoms with van der Waals surface area (Å²) in [5.74, 6) is 1.74. The van der Waals surface area contributed by atoms with E-state index in [0.29, 0.717) is 6.04 Å². The van der Waals surface area contributed by atoms with Crippen molar-refractivity contribution in [3.8, 4) is 0 Å². The summed E-state index contributed by atoms with van der Waals surface area (Å²) < 4.78 is 0. The van der Waals surface area contributed by atoms with E-state index >= 15 is 0 Å². The standard InChI is InChI=1S/C19H29N3OS/c1-13(2)18-10-16(12-24-18)21-15-6-3-5-14(9-15)11-22-8-4-7-17(22)19(20)23/h3,5-6,9,13,16-18,21H,4,7-8,10-12H2,1-2H3,(H2,20,23)/t16-,17-,18+/m1/s1. The minimum Gasteiger partial charge on any atom is -0.381 e. The number of carbonyl (C=O) groups is 1. The van der Waals surface area contributed by atoms with Crippen LogP contribution in [0.4, 0.5) is 5.69 Å². The van der Waals surface area contributed by atoms with Crippen molar-refractivity contribution in [1.82, 2.24) is 4.90 Å². The number of thioether (sulfide) groups is 1. The highest BCUT2D eigenvalue weighted by molar-refractivity contribution is 8.00. The molecule has 0 saturated carbocycles. The molecule has 0 bridgehead atoms. The summed E-state index contributed by atoms with van der Waals surface area (Å²) in [6.07, 6.45) is 3.19. The summed E-state index contributed by atoms with van der Waals surface area (Å²) >= 11 is 2.09. The molecule has 24 heavy (non-hydrogen) atoms. The molecule has 0 radical (unpaired) electrons. The van der Waals surface area contributed by atoms with E-state index in [2.05, 4.69) is 60.1 Å². The third-order valence-electron chi connectivity index (χ3n) is 5.15. The van der Waals surface area contributed by atoms with E-state index in [-0.39, 0.29) is 11.9 Å². The van der Waals surface area contributed by atoms with E-state index in [1.165, 1.54) is 23.4 Å². The summed E-state index contributed by atoms with van der Waals surface area (Å²) in [5, 5.41) is 4.46. The van der Waals surface area contributed by atoms with Gasteiger partial charge in [0.25, 0.3) is 0 Å². The number of likely N-dealkylation sites (tertiary alicyclic amines) is 1. The molecule has 1 aromatic carbocycles. The molecule has 4 nitrogen and oxygen atoms in total. The third-order valence-corrected chi connectivity index (χ3v) is 6.91. The molecule has 0 unspecified atom stereocenters. The lowest BCUT2D eigenvalue weighted by molar-refractivity contribution is -0.122. The number of benzene rings is 1. The van der Waals surface area contributed by atoms with Gasteiger partial charge in [-0.2, -0.15) is 11.8 Å². The number of anilines is 1. The molecule has 0 aliphatic carbocycles. The maximum Gasteiger partial charge on any atom is 0.234 e. The molecule has 3 N–H and O–H groups in total. The second-order valence-corrected chi connectivity index (χ2v) is 8.70. The first-order valence-corrected chi connectivity index (χ1v) is 10.1. The van der Waals surface area contributed by atoms with Gasteiger partial charge in [0.05, 0.1) is 6.04 Å². The van der Waals surface area contributed by atoms with Crippen LogP contribution in [-0.2, 0) is 11.3 Å². The van der Waals surface area contributed by atoms with Gasteiger partial charge in [0.2, 0.25) is 5.91 Å². The first kappa shape index (κ1) is 17.6. The average Bonchev–Trinajstić information content (AvgIpc) is 3.17. The number of amides is 1. The monoisotopic (exact) mass is 347 g/mol. The van der Waals surface area contributed by atoms with Gasteiger partial charge in [0, 0.05) is 29.3 Å². The van der Waals surface area contributed by atoms with Crippen molar-refractivity contribution in [3.63, 3.8) is 0 Å². The fraction of sp³-hybridized carbons (Fsp3) is 0.632. The molecule has 2 fully saturated rings. The second-order valence-electron chi connectivity index (χ2n) is 7.42. The molecule has 2 heterocycles. The molecule has 132 valence electrons. The highest BCUT2D eigenvalue weighted by atomic mass is 32.2. The number of primary amides is 1. The maximum atomic E-state index is 11.6. The Hall–Kier alpha value is -1.20. The van der Waals surface area contributed by atoms with Gasteiger partial charge in [0.1, 0.15) is 0 Å². The topological polar surface area (TPSA) is 58.4 Å². The van der Waals surface area contributed by atoms with Gasteiger partial charge in [-0.25, -0.2) is 0 Å². The average molecular weight is 348 g/mol. The van der Waals surface area contributed by atoms with Crippen molar-refractivity contribution in [2.24, 2.45) is 11.7 Å². The first-order valence-electron chi connectivity index (χ1n) is 9.03. The zero-order chi connectivity index (χ0) is 17.1. The van der Waals surface area contributed by atoms with Gasteiger partial charge in [-0.05, 0) is 49.4 Å². The van der Waals surface area contributed by atoms with Gasteiger partial charge in [0.15, 0.2) is 0 Å². The lowest BCUT2D eigenvalue weighted by Gasteiger charge is -2.22. The number of nitrogens with one attached hydrogen (secondary N) is 1. The number of hydrogen-bond acceptors (Lipinski definition) is 4. The molecular formula is C19H29N3OS. The summed E-state index contributed by atoms with van der Waals surface area (Å²) in [5.41, 5.74) is 7.96. The smallest absolute Gasteiger partial charge is 0.234 e. The van der Waals surface area contributed by atoms with Crippen LogP contribution in [0.1, 0.15) is 38.7 Å². The lowest BCUT2D eigenvalue weighted by atomic mass is 10.0. The van der Waals surface area contributed by atoms with Crippen LogP contribution in [0, 0.1) is 5.92 Å². The van der Waals surface area contributed by atoms with Gasteiger partial charge in [-0.1, -0.05) is 26.0 Å². The molecule has 2 saturated heterocycles. The zero-order valence-electron chi connectivity index (χ0n) is 14.7. The van der Waals surface area contributed by atoms with Crippen LogP contribution in [0.2, 0.25) is 0 Å². The summed E-state index contributed by atoms with van der Waals surface area (Å²) in [6, 6.07) is 9.08. The summed E-state index contributed by atoms with van der Waals surface area (Å²) in [4.78, 5) is 13.8. The van der Waals surface area contributed by atoms with Crippen molar-refractivity contribution < 1.29 is 4.79 Å². The van der Waals surface area contributed by atoms with Crippen molar-refractivity contribution in [2.75, 3.05) is 17.6 Å². The lowest BCUT2D eigenvalue weighted by Crippen LogP contribution is -2.39. The second kappa shape index (κ2) is 7.79. The molecule has 3 rings (SSSR count). The predicted molar refractivity (Wildman–Crippen MR) is 102 cm³/mol. The minimum atomic E-state index is -0.190. The van der Waals surface area contributed by atoms with E-state index in [4.69, 9.17) is 5.73 Å². The van der Waals surface area contributed by atoms with Crippen LogP contribution in [0.25, 0.3) is 0 Å². The number of nitrogens with two attached hydrogens (primary N) is 1. The van der Waals surface area contributed by atoms with E-state index in [1.807, 2.05) is 0 Å². The Balaban J connectivity index is 1.59. The van der Waals surface area contributed by atoms with Gasteiger partial charge in [-0.3, -0.25) is 9.69 Å². The van der Waals surface area contributed by atoms with E-state index < -0.39 is 0 Å². The number of hydrogen-bond donors (Lipinski definition) is 2. The third kappa shape index (κ3) is 4.25. The molecule has 3 atom stereocenters. The van der Waals surface area contributed by atoms with Crippen molar-refractivity contribution in [3.05, 3.63) is 29.8 Å². The molecular weight excluding hydrogens is 318 g/mol. The van der Waals surface area contributed by atoms with Crippen molar-refractivity contribution >= 4 is 23.4 Å². The number of carbonyl (C=O) groups excluding carboxylic acids is 1. The first-order chi connectivity index (χ1) is 11.5. The fourth-order valence-corrected chi connectivity index (χ4v) is 5.24. The van der Waals surface area contributed by atoms with E-state index in [1.54, 1.807) is 0 Å². The molecule has 0 aromatic heterocycles. The number of rotatable bonds is 6. The van der Waals surface area contributed by atoms with Gasteiger partial charge < -0.3 is 11.1 Å². The molecule has 1 amide bonds. The molecule has 0 spiro atoms. The van der Waals surface area contributed by atoms with E-state index in [9.17, 15) is 4.79 Å². The van der Waals surface area contributed by atoms with Crippen molar-refractivity contribution in [1.29, 1.82) is 0 Å². The number of nitrogens with zero attached hydrogens (tertiary/aromatic N) is 1. The normalized spacial score (nSPS) is 27.7. The molecule has 2 aliphatic heterocycles. The largest absolute Gasteiger partial charge is 0.381 e. The maximum absolute atomic E-state index is 11.6. The highest BCUT2D eigenvalue weighted by Crippen LogP contribution is 2.33. The predicted octanol–water partition coefficient (Wildman–Crippen LogP) is 3.08.